The predicted molar refractivity (Wildman–Crippen MR) is 49.0 cm³/mol. The summed E-state index contributed by atoms with van der Waals surface area (Å²) in [5.41, 5.74) is 1.20. The van der Waals surface area contributed by atoms with E-state index in [1.165, 1.54) is 5.56 Å². The molecule has 0 unspecified atom stereocenters. The first-order chi connectivity index (χ1) is 5.72. The Balaban J connectivity index is 2.81. The summed E-state index contributed by atoms with van der Waals surface area (Å²) in [5, 5.41) is 0. The molecule has 0 bridgehead atoms. The van der Waals surface area contributed by atoms with Gasteiger partial charge in [0.2, 0.25) is 0 Å². The molecule has 0 aliphatic rings. The highest BCUT2D eigenvalue weighted by molar-refractivity contribution is 5.38. The highest BCUT2D eigenvalue weighted by atomic mass is 14.8. The monoisotopic (exact) mass is 160 g/mol. The highest BCUT2D eigenvalue weighted by Gasteiger charge is 1.99. The average molecular weight is 160 g/mol. The number of hydrogen-bond donors (Lipinski definition) is 0. The van der Waals surface area contributed by atoms with Crippen molar-refractivity contribution in [1.82, 2.24) is 4.98 Å². The predicted octanol–water partition coefficient (Wildman–Crippen LogP) is 2.83. The lowest BCUT2D eigenvalue weighted by Gasteiger charge is -2.03. The van der Waals surface area contributed by atoms with Gasteiger partial charge in [-0.3, -0.25) is 0 Å². The smallest absolute Gasteiger partial charge is 0.269 e. The van der Waals surface area contributed by atoms with Gasteiger partial charge in [0, 0.05) is 0 Å². The molecule has 1 rings (SSSR count). The molecule has 0 aromatic carbocycles. The van der Waals surface area contributed by atoms with Crippen LogP contribution in [0.15, 0.2) is 18.3 Å². The molecule has 1 aromatic heterocycles. The standard InChI is InChI=1S/C10H12N2/c1-8(2)6-9-4-5-12-10(7-9)11-3/h4-5,7-8H,6H2,1-2H3. The number of pyridine rings is 1. The first kappa shape index (κ1) is 8.73. The Bertz CT molecular complexity index is 297. The second-order valence-electron chi connectivity index (χ2n) is 3.23. The van der Waals surface area contributed by atoms with Crippen molar-refractivity contribution in [1.29, 1.82) is 0 Å². The van der Waals surface area contributed by atoms with Crippen molar-refractivity contribution in [3.63, 3.8) is 0 Å². The van der Waals surface area contributed by atoms with E-state index in [1.54, 1.807) is 6.20 Å². The Morgan fingerprint density at radius 1 is 1.58 bits per heavy atom. The summed E-state index contributed by atoms with van der Waals surface area (Å²) in [5.74, 6) is 1.12. The van der Waals surface area contributed by atoms with Crippen LogP contribution in [0.1, 0.15) is 19.4 Å². The molecule has 1 heterocycles. The average Bonchev–Trinajstić information content (AvgIpc) is 2.03. The van der Waals surface area contributed by atoms with Gasteiger partial charge in [0.15, 0.2) is 0 Å². The minimum absolute atomic E-state index is 0.494. The topological polar surface area (TPSA) is 17.2 Å². The van der Waals surface area contributed by atoms with E-state index in [0.29, 0.717) is 11.7 Å². The lowest BCUT2D eigenvalue weighted by Crippen LogP contribution is -1.93. The first-order valence-electron chi connectivity index (χ1n) is 4.04. The molecule has 0 radical (unpaired) electrons. The van der Waals surface area contributed by atoms with Crippen molar-refractivity contribution in [2.24, 2.45) is 5.92 Å². The van der Waals surface area contributed by atoms with E-state index < -0.39 is 0 Å². The summed E-state index contributed by atoms with van der Waals surface area (Å²) < 4.78 is 0. The van der Waals surface area contributed by atoms with Crippen LogP contribution in [0.5, 0.6) is 0 Å². The van der Waals surface area contributed by atoms with E-state index in [9.17, 15) is 0 Å². The van der Waals surface area contributed by atoms with E-state index >= 15 is 0 Å². The number of rotatable bonds is 2. The third-order valence-electron chi connectivity index (χ3n) is 1.57. The van der Waals surface area contributed by atoms with Gasteiger partial charge in [-0.2, -0.15) is 0 Å². The molecule has 0 aliphatic carbocycles. The molecule has 2 heteroatoms. The summed E-state index contributed by atoms with van der Waals surface area (Å²) in [6, 6.07) is 3.82. The Kier molecular flexibility index (Phi) is 2.82. The van der Waals surface area contributed by atoms with Crippen LogP contribution < -0.4 is 0 Å². The molecular weight excluding hydrogens is 148 g/mol. The van der Waals surface area contributed by atoms with Gasteiger partial charge in [0.25, 0.3) is 5.82 Å². The summed E-state index contributed by atoms with van der Waals surface area (Å²) in [7, 11) is 0. The molecule has 0 amide bonds. The maximum absolute atomic E-state index is 6.79. The fourth-order valence-corrected chi connectivity index (χ4v) is 1.12. The van der Waals surface area contributed by atoms with Gasteiger partial charge in [-0.25, -0.2) is 0 Å². The van der Waals surface area contributed by atoms with Gasteiger partial charge in [-0.15, -0.1) is 4.98 Å². The largest absolute Gasteiger partial charge is 0.361 e. The van der Waals surface area contributed by atoms with E-state index in [-0.39, 0.29) is 0 Å². The zero-order chi connectivity index (χ0) is 8.97. The molecule has 0 spiro atoms. The van der Waals surface area contributed by atoms with Crippen LogP contribution in [0.3, 0.4) is 0 Å². The van der Waals surface area contributed by atoms with Crippen LogP contribution in [-0.2, 0) is 6.42 Å². The van der Waals surface area contributed by atoms with E-state index in [1.807, 2.05) is 12.1 Å². The Hall–Kier alpha value is -1.36. The zero-order valence-corrected chi connectivity index (χ0v) is 7.41. The Morgan fingerprint density at radius 2 is 2.33 bits per heavy atom. The molecular formula is C10H12N2. The SMILES string of the molecule is [C-]#[N+]c1cc(CC(C)C)ccn1. The van der Waals surface area contributed by atoms with Crippen molar-refractivity contribution >= 4 is 5.82 Å². The summed E-state index contributed by atoms with van der Waals surface area (Å²) in [6.45, 7) is 11.1. The van der Waals surface area contributed by atoms with Gasteiger partial charge in [-0.1, -0.05) is 26.0 Å². The minimum Gasteiger partial charge on any atom is -0.361 e. The minimum atomic E-state index is 0.494. The fourth-order valence-electron chi connectivity index (χ4n) is 1.12. The van der Waals surface area contributed by atoms with Crippen molar-refractivity contribution in [2.45, 2.75) is 20.3 Å². The maximum Gasteiger partial charge on any atom is 0.269 e. The fraction of sp³-hybridized carbons (Fsp3) is 0.400. The van der Waals surface area contributed by atoms with Crippen molar-refractivity contribution in [3.05, 3.63) is 35.3 Å². The third kappa shape index (κ3) is 2.35. The normalized spacial score (nSPS) is 9.83. The molecule has 0 N–H and O–H groups in total. The number of nitrogens with zero attached hydrogens (tertiary/aromatic N) is 2. The second kappa shape index (κ2) is 3.87. The second-order valence-corrected chi connectivity index (χ2v) is 3.23. The molecule has 0 aliphatic heterocycles. The summed E-state index contributed by atoms with van der Waals surface area (Å²) >= 11 is 0. The van der Waals surface area contributed by atoms with Crippen LogP contribution in [0.2, 0.25) is 0 Å². The molecule has 2 nitrogen and oxygen atoms in total. The third-order valence-corrected chi connectivity index (χ3v) is 1.57. The van der Waals surface area contributed by atoms with Gasteiger partial charge in [0.05, 0.1) is 0 Å². The highest BCUT2D eigenvalue weighted by Crippen LogP contribution is 2.13. The number of hydrogen-bond acceptors (Lipinski definition) is 1. The molecule has 12 heavy (non-hydrogen) atoms. The maximum atomic E-state index is 6.79. The molecule has 1 aromatic rings. The molecule has 0 fully saturated rings. The lowest BCUT2D eigenvalue weighted by molar-refractivity contribution is 0.647. The van der Waals surface area contributed by atoms with Gasteiger partial charge < -0.3 is 4.85 Å². The quantitative estimate of drug-likeness (QED) is 0.608. The Morgan fingerprint density at radius 3 is 2.92 bits per heavy atom. The van der Waals surface area contributed by atoms with Crippen molar-refractivity contribution < 1.29 is 0 Å². The van der Waals surface area contributed by atoms with Crippen molar-refractivity contribution in [2.75, 3.05) is 0 Å². The van der Waals surface area contributed by atoms with Gasteiger partial charge in [0.1, 0.15) is 6.20 Å². The summed E-state index contributed by atoms with van der Waals surface area (Å²) in [4.78, 5) is 7.19. The van der Waals surface area contributed by atoms with Crippen LogP contribution in [0.4, 0.5) is 5.82 Å². The van der Waals surface area contributed by atoms with Crippen molar-refractivity contribution in [3.8, 4) is 0 Å². The number of aromatic nitrogens is 1. The van der Waals surface area contributed by atoms with Crippen LogP contribution >= 0.6 is 0 Å². The van der Waals surface area contributed by atoms with Gasteiger partial charge in [-0.05, 0) is 24.5 Å². The first-order valence-corrected chi connectivity index (χ1v) is 4.04. The molecule has 0 saturated carbocycles. The van der Waals surface area contributed by atoms with E-state index in [2.05, 4.69) is 23.7 Å². The Labute approximate surface area is 73.1 Å². The van der Waals surface area contributed by atoms with E-state index in [4.69, 9.17) is 6.57 Å². The molecule has 62 valence electrons. The van der Waals surface area contributed by atoms with Crippen LogP contribution in [0.25, 0.3) is 4.85 Å². The van der Waals surface area contributed by atoms with E-state index in [0.717, 1.165) is 6.42 Å². The van der Waals surface area contributed by atoms with Crippen LogP contribution in [-0.4, -0.2) is 4.98 Å². The summed E-state index contributed by atoms with van der Waals surface area (Å²) in [6.07, 6.45) is 2.72. The molecule has 0 saturated heterocycles. The lowest BCUT2D eigenvalue weighted by atomic mass is 10.0. The van der Waals surface area contributed by atoms with Gasteiger partial charge >= 0.3 is 0 Å². The zero-order valence-electron chi connectivity index (χ0n) is 7.41. The molecule has 0 atom stereocenters. The van der Waals surface area contributed by atoms with Crippen LogP contribution in [0, 0.1) is 12.5 Å².